The predicted molar refractivity (Wildman–Crippen MR) is 95.5 cm³/mol. The number of ether oxygens (including phenoxy) is 1. The summed E-state index contributed by atoms with van der Waals surface area (Å²) >= 11 is 1.27. The monoisotopic (exact) mass is 341 g/mol. The number of carbonyl (C=O) groups is 1. The fraction of sp³-hybridized carbons (Fsp3) is 0.278. The molecule has 0 aliphatic carbocycles. The van der Waals surface area contributed by atoms with Gasteiger partial charge in [-0.1, -0.05) is 17.8 Å². The topological polar surface area (TPSA) is 75.0 Å². The number of nitriles is 1. The molecule has 0 aliphatic heterocycles. The van der Waals surface area contributed by atoms with Crippen LogP contribution in [0.1, 0.15) is 22.4 Å². The first-order chi connectivity index (χ1) is 11.5. The van der Waals surface area contributed by atoms with Crippen LogP contribution in [-0.2, 0) is 4.79 Å². The first-order valence-electron chi connectivity index (χ1n) is 7.41. The number of hydrogen-bond acceptors (Lipinski definition) is 5. The van der Waals surface area contributed by atoms with Gasteiger partial charge in [-0.15, -0.1) is 0 Å². The Morgan fingerprint density at radius 2 is 2.08 bits per heavy atom. The summed E-state index contributed by atoms with van der Waals surface area (Å²) in [5, 5.41) is 12.8. The van der Waals surface area contributed by atoms with Crippen molar-refractivity contribution in [3.63, 3.8) is 0 Å². The van der Waals surface area contributed by atoms with Crippen molar-refractivity contribution < 1.29 is 9.53 Å². The van der Waals surface area contributed by atoms with Gasteiger partial charge in [0.2, 0.25) is 5.91 Å². The average molecular weight is 341 g/mol. The van der Waals surface area contributed by atoms with E-state index in [-0.39, 0.29) is 11.7 Å². The molecule has 1 N–H and O–H groups in total. The molecule has 1 amide bonds. The number of rotatable bonds is 5. The maximum Gasteiger partial charge on any atom is 0.234 e. The molecule has 2 rings (SSSR count). The fourth-order valence-corrected chi connectivity index (χ4v) is 3.06. The highest BCUT2D eigenvalue weighted by Gasteiger charge is 2.14. The number of aryl methyl sites for hydroxylation is 1. The first-order valence-corrected chi connectivity index (χ1v) is 8.39. The zero-order chi connectivity index (χ0) is 17.7. The third-order valence-corrected chi connectivity index (χ3v) is 4.74. The number of anilines is 1. The van der Waals surface area contributed by atoms with Gasteiger partial charge in [0.15, 0.2) is 0 Å². The first kappa shape index (κ1) is 17.8. The van der Waals surface area contributed by atoms with Crippen LogP contribution in [0.4, 0.5) is 5.69 Å². The van der Waals surface area contributed by atoms with E-state index in [0.29, 0.717) is 22.0 Å². The lowest BCUT2D eigenvalue weighted by molar-refractivity contribution is -0.113. The minimum Gasteiger partial charge on any atom is -0.497 e. The van der Waals surface area contributed by atoms with Gasteiger partial charge in [-0.2, -0.15) is 5.26 Å². The lowest BCUT2D eigenvalue weighted by Gasteiger charge is -2.11. The molecule has 1 aromatic carbocycles. The highest BCUT2D eigenvalue weighted by molar-refractivity contribution is 8.00. The van der Waals surface area contributed by atoms with E-state index in [1.807, 2.05) is 32.9 Å². The minimum absolute atomic E-state index is 0.158. The molecule has 0 unspecified atom stereocenters. The Kier molecular flexibility index (Phi) is 5.83. The number of hydrogen-bond donors (Lipinski definition) is 1. The van der Waals surface area contributed by atoms with Crippen molar-refractivity contribution in [3.8, 4) is 11.8 Å². The van der Waals surface area contributed by atoms with E-state index >= 15 is 0 Å². The van der Waals surface area contributed by atoms with Crippen molar-refractivity contribution >= 4 is 23.4 Å². The fourth-order valence-electron chi connectivity index (χ4n) is 2.18. The molecule has 24 heavy (non-hydrogen) atoms. The maximum atomic E-state index is 12.1. The van der Waals surface area contributed by atoms with Gasteiger partial charge in [0.1, 0.15) is 16.8 Å². The molecule has 2 aromatic rings. The minimum atomic E-state index is -0.158. The number of thioether (sulfide) groups is 1. The van der Waals surface area contributed by atoms with Crippen molar-refractivity contribution in [1.82, 2.24) is 4.98 Å². The third kappa shape index (κ3) is 4.06. The molecule has 0 aliphatic rings. The summed E-state index contributed by atoms with van der Waals surface area (Å²) in [4.78, 5) is 16.6. The molecule has 0 fully saturated rings. The lowest BCUT2D eigenvalue weighted by atomic mass is 10.1. The lowest BCUT2D eigenvalue weighted by Crippen LogP contribution is -2.14. The molecule has 1 aromatic heterocycles. The summed E-state index contributed by atoms with van der Waals surface area (Å²) in [7, 11) is 1.58. The molecule has 0 atom stereocenters. The van der Waals surface area contributed by atoms with Gasteiger partial charge < -0.3 is 10.1 Å². The number of amides is 1. The molecular formula is C18H19N3O2S. The Morgan fingerprint density at radius 1 is 1.33 bits per heavy atom. The van der Waals surface area contributed by atoms with Crippen molar-refractivity contribution in [1.29, 1.82) is 5.26 Å². The van der Waals surface area contributed by atoms with Crippen molar-refractivity contribution in [2.45, 2.75) is 25.8 Å². The van der Waals surface area contributed by atoms with Crippen LogP contribution in [0, 0.1) is 32.1 Å². The van der Waals surface area contributed by atoms with Gasteiger partial charge in [-0.25, -0.2) is 4.98 Å². The van der Waals surface area contributed by atoms with E-state index in [9.17, 15) is 10.1 Å². The second-order valence-corrected chi connectivity index (χ2v) is 6.27. The summed E-state index contributed by atoms with van der Waals surface area (Å²) < 4.78 is 5.13. The number of methoxy groups -OCH3 is 1. The van der Waals surface area contributed by atoms with Crippen LogP contribution < -0.4 is 10.1 Å². The van der Waals surface area contributed by atoms with Gasteiger partial charge in [0.05, 0.1) is 18.4 Å². The molecular weight excluding hydrogens is 322 g/mol. The van der Waals surface area contributed by atoms with E-state index in [4.69, 9.17) is 4.74 Å². The number of benzene rings is 1. The van der Waals surface area contributed by atoms with Gasteiger partial charge in [-0.05, 0) is 44.0 Å². The summed E-state index contributed by atoms with van der Waals surface area (Å²) in [5.41, 5.74) is 4.02. The average Bonchev–Trinajstić information content (AvgIpc) is 2.58. The number of carbonyl (C=O) groups excluding carboxylic acids is 1. The molecule has 0 radical (unpaired) electrons. The molecule has 0 saturated heterocycles. The molecule has 0 bridgehead atoms. The van der Waals surface area contributed by atoms with Crippen LogP contribution in [0.3, 0.4) is 0 Å². The van der Waals surface area contributed by atoms with Gasteiger partial charge >= 0.3 is 0 Å². The summed E-state index contributed by atoms with van der Waals surface area (Å²) in [5.74, 6) is 0.703. The quantitative estimate of drug-likeness (QED) is 0.841. The molecule has 0 spiro atoms. The Hall–Kier alpha value is -2.52. The van der Waals surface area contributed by atoms with Gasteiger partial charge in [0.25, 0.3) is 0 Å². The Balaban J connectivity index is 2.08. The SMILES string of the molecule is COc1cccc(NC(=O)CSc2nc(C)c(C)c(C)c2C#N)c1. The normalized spacial score (nSPS) is 10.1. The van der Waals surface area contributed by atoms with Crippen molar-refractivity contribution in [2.75, 3.05) is 18.2 Å². The van der Waals surface area contributed by atoms with Crippen LogP contribution >= 0.6 is 11.8 Å². The zero-order valence-electron chi connectivity index (χ0n) is 14.1. The van der Waals surface area contributed by atoms with Crippen LogP contribution in [0.5, 0.6) is 5.75 Å². The Morgan fingerprint density at radius 3 is 2.75 bits per heavy atom. The van der Waals surface area contributed by atoms with Gasteiger partial charge in [-0.3, -0.25) is 4.79 Å². The van der Waals surface area contributed by atoms with Crippen LogP contribution in [0.15, 0.2) is 29.3 Å². The van der Waals surface area contributed by atoms with E-state index in [2.05, 4.69) is 16.4 Å². The van der Waals surface area contributed by atoms with E-state index < -0.39 is 0 Å². The highest BCUT2D eigenvalue weighted by Crippen LogP contribution is 2.26. The number of nitrogens with one attached hydrogen (secondary N) is 1. The molecule has 6 heteroatoms. The largest absolute Gasteiger partial charge is 0.497 e. The number of pyridine rings is 1. The molecule has 1 heterocycles. The van der Waals surface area contributed by atoms with Crippen molar-refractivity contribution in [2.24, 2.45) is 0 Å². The summed E-state index contributed by atoms with van der Waals surface area (Å²) in [6.45, 7) is 5.76. The number of nitrogens with zero attached hydrogens (tertiary/aromatic N) is 2. The predicted octanol–water partition coefficient (Wildman–Crippen LogP) is 3.62. The standard InChI is InChI=1S/C18H19N3O2S/c1-11-12(2)16(9-19)18(20-13(11)3)24-10-17(22)21-14-6-5-7-15(8-14)23-4/h5-8H,10H2,1-4H3,(H,21,22). The number of aromatic nitrogens is 1. The Labute approximate surface area is 146 Å². The zero-order valence-corrected chi connectivity index (χ0v) is 15.0. The van der Waals surface area contributed by atoms with Crippen molar-refractivity contribution in [3.05, 3.63) is 46.6 Å². The van der Waals surface area contributed by atoms with Gasteiger partial charge in [0, 0.05) is 17.4 Å². The van der Waals surface area contributed by atoms with Crippen LogP contribution in [0.2, 0.25) is 0 Å². The van der Waals surface area contributed by atoms with Crippen LogP contribution in [0.25, 0.3) is 0 Å². The van der Waals surface area contributed by atoms with E-state index in [1.165, 1.54) is 11.8 Å². The highest BCUT2D eigenvalue weighted by atomic mass is 32.2. The Bertz CT molecular complexity index is 813. The maximum absolute atomic E-state index is 12.1. The third-order valence-electron chi connectivity index (χ3n) is 3.77. The van der Waals surface area contributed by atoms with E-state index in [1.54, 1.807) is 19.2 Å². The van der Waals surface area contributed by atoms with E-state index in [0.717, 1.165) is 16.8 Å². The molecule has 124 valence electrons. The van der Waals surface area contributed by atoms with Crippen LogP contribution in [-0.4, -0.2) is 23.8 Å². The molecule has 0 saturated carbocycles. The molecule has 5 nitrogen and oxygen atoms in total. The second-order valence-electron chi connectivity index (χ2n) is 5.31. The summed E-state index contributed by atoms with van der Waals surface area (Å²) in [6, 6.07) is 9.36. The smallest absolute Gasteiger partial charge is 0.234 e. The second kappa shape index (κ2) is 7.84. The summed E-state index contributed by atoms with van der Waals surface area (Å²) in [6.07, 6.45) is 0.